The number of carbonyl (C=O) groups excluding carboxylic acids is 1. The number of hydrogen-bond acceptors (Lipinski definition) is 4. The van der Waals surface area contributed by atoms with Gasteiger partial charge in [-0.25, -0.2) is 8.42 Å². The number of rotatable bonds is 7. The Bertz CT molecular complexity index is 679. The average Bonchev–Trinajstić information content (AvgIpc) is 2.62. The van der Waals surface area contributed by atoms with Gasteiger partial charge in [0, 0.05) is 39.1 Å². The van der Waals surface area contributed by atoms with E-state index in [0.717, 1.165) is 25.2 Å². The summed E-state index contributed by atoms with van der Waals surface area (Å²) in [6, 6.07) is 7.03. The van der Waals surface area contributed by atoms with Gasteiger partial charge < -0.3 is 9.80 Å². The van der Waals surface area contributed by atoms with Gasteiger partial charge in [-0.15, -0.1) is 0 Å². The predicted octanol–water partition coefficient (Wildman–Crippen LogP) is 1.56. The van der Waals surface area contributed by atoms with Crippen LogP contribution in [0.5, 0.6) is 0 Å². The fourth-order valence-corrected chi connectivity index (χ4v) is 4.76. The van der Waals surface area contributed by atoms with Crippen LogP contribution < -0.4 is 0 Å². The number of piperazine rings is 1. The molecule has 1 amide bonds. The van der Waals surface area contributed by atoms with Crippen molar-refractivity contribution in [3.8, 4) is 0 Å². The third-order valence-corrected chi connectivity index (χ3v) is 6.90. The largest absolute Gasteiger partial charge is 0.340 e. The number of hydrogen-bond donors (Lipinski definition) is 0. The van der Waals surface area contributed by atoms with Crippen molar-refractivity contribution < 1.29 is 13.2 Å². The molecule has 0 saturated carbocycles. The summed E-state index contributed by atoms with van der Waals surface area (Å²) in [5.41, 5.74) is 0.750. The van der Waals surface area contributed by atoms with E-state index >= 15 is 0 Å². The van der Waals surface area contributed by atoms with Crippen LogP contribution in [0.4, 0.5) is 0 Å². The maximum absolute atomic E-state index is 12.8. The molecule has 0 radical (unpaired) electrons. The molecule has 0 spiro atoms. The second-order valence-electron chi connectivity index (χ2n) is 6.33. The maximum atomic E-state index is 12.8. The Morgan fingerprint density at radius 3 is 2.24 bits per heavy atom. The first-order chi connectivity index (χ1) is 11.9. The molecule has 25 heavy (non-hydrogen) atoms. The molecule has 1 fully saturated rings. The molecule has 0 unspecified atom stereocenters. The van der Waals surface area contributed by atoms with Crippen LogP contribution in [0.15, 0.2) is 29.2 Å². The van der Waals surface area contributed by atoms with Gasteiger partial charge >= 0.3 is 0 Å². The second kappa shape index (κ2) is 8.78. The maximum Gasteiger partial charge on any atom is 0.243 e. The molecule has 0 atom stereocenters. The summed E-state index contributed by atoms with van der Waals surface area (Å²) in [6.45, 7) is 10.2. The topological polar surface area (TPSA) is 60.9 Å². The molecule has 1 aromatic rings. The van der Waals surface area contributed by atoms with Crippen molar-refractivity contribution in [2.75, 3.05) is 45.8 Å². The van der Waals surface area contributed by atoms with Crippen LogP contribution in [0, 0.1) is 6.92 Å². The van der Waals surface area contributed by atoms with Crippen molar-refractivity contribution in [2.24, 2.45) is 0 Å². The highest BCUT2D eigenvalue weighted by Crippen LogP contribution is 2.21. The molecule has 1 aliphatic rings. The van der Waals surface area contributed by atoms with E-state index in [1.807, 2.05) is 6.07 Å². The first kappa shape index (κ1) is 19.9. The van der Waals surface area contributed by atoms with E-state index in [-0.39, 0.29) is 5.91 Å². The fraction of sp³-hybridized carbons (Fsp3) is 0.611. The number of carbonyl (C=O) groups is 1. The average molecular weight is 368 g/mol. The molecule has 1 saturated heterocycles. The van der Waals surface area contributed by atoms with Crippen molar-refractivity contribution in [3.05, 3.63) is 29.8 Å². The van der Waals surface area contributed by atoms with Crippen molar-refractivity contribution in [3.63, 3.8) is 0 Å². The van der Waals surface area contributed by atoms with E-state index in [4.69, 9.17) is 0 Å². The van der Waals surface area contributed by atoms with Gasteiger partial charge in [-0.3, -0.25) is 4.79 Å². The molecule has 0 N–H and O–H groups in total. The van der Waals surface area contributed by atoms with Crippen LogP contribution in [0.1, 0.15) is 25.8 Å². The Morgan fingerprint density at radius 2 is 1.68 bits per heavy atom. The zero-order valence-corrected chi connectivity index (χ0v) is 16.3. The molecule has 6 nitrogen and oxygen atoms in total. The predicted molar refractivity (Wildman–Crippen MR) is 98.9 cm³/mol. The lowest BCUT2D eigenvalue weighted by Crippen LogP contribution is -2.51. The van der Waals surface area contributed by atoms with E-state index in [1.165, 1.54) is 4.31 Å². The molecule has 1 aliphatic heterocycles. The number of aryl methyl sites for hydroxylation is 1. The zero-order chi connectivity index (χ0) is 18.4. The molecular weight excluding hydrogens is 338 g/mol. The van der Waals surface area contributed by atoms with Crippen molar-refractivity contribution in [1.82, 2.24) is 14.1 Å². The van der Waals surface area contributed by atoms with Gasteiger partial charge in [-0.1, -0.05) is 32.0 Å². The van der Waals surface area contributed by atoms with Gasteiger partial charge in [0.1, 0.15) is 0 Å². The Labute approximate surface area is 151 Å². The Morgan fingerprint density at radius 1 is 1.08 bits per heavy atom. The van der Waals surface area contributed by atoms with Crippen molar-refractivity contribution >= 4 is 15.9 Å². The number of amides is 1. The lowest BCUT2D eigenvalue weighted by Gasteiger charge is -2.34. The van der Waals surface area contributed by atoms with Crippen LogP contribution >= 0.6 is 0 Å². The second-order valence-corrected chi connectivity index (χ2v) is 8.23. The van der Waals surface area contributed by atoms with E-state index < -0.39 is 10.0 Å². The summed E-state index contributed by atoms with van der Waals surface area (Å²) in [5, 5.41) is 0. The van der Waals surface area contributed by atoms with Crippen LogP contribution in [0.2, 0.25) is 0 Å². The summed E-state index contributed by atoms with van der Waals surface area (Å²) in [5.74, 6) is 0.111. The third-order valence-electron chi connectivity index (χ3n) is 4.84. The fourth-order valence-electron chi connectivity index (χ4n) is 3.11. The van der Waals surface area contributed by atoms with Gasteiger partial charge in [0.05, 0.1) is 4.90 Å². The first-order valence-electron chi connectivity index (χ1n) is 8.96. The van der Waals surface area contributed by atoms with Crippen molar-refractivity contribution in [2.45, 2.75) is 32.1 Å². The molecule has 0 aliphatic carbocycles. The van der Waals surface area contributed by atoms with E-state index in [1.54, 1.807) is 30.0 Å². The van der Waals surface area contributed by atoms with E-state index in [2.05, 4.69) is 18.7 Å². The standard InChI is InChI=1S/C18H29N3O3S/c1-4-19(5-2)11-10-18(22)20-12-14-21(15-13-20)25(23,24)17-9-7-6-8-16(17)3/h6-9H,4-5,10-15H2,1-3H3. The van der Waals surface area contributed by atoms with Gasteiger partial charge in [0.15, 0.2) is 0 Å². The van der Waals surface area contributed by atoms with E-state index in [9.17, 15) is 13.2 Å². The molecule has 0 aromatic heterocycles. The number of sulfonamides is 1. The Balaban J connectivity index is 1.93. The number of nitrogens with zero attached hydrogens (tertiary/aromatic N) is 3. The van der Waals surface area contributed by atoms with Gasteiger partial charge in [-0.2, -0.15) is 4.31 Å². The van der Waals surface area contributed by atoms with Crippen LogP contribution in [-0.2, 0) is 14.8 Å². The highest BCUT2D eigenvalue weighted by molar-refractivity contribution is 7.89. The normalized spacial score (nSPS) is 16.4. The van der Waals surface area contributed by atoms with Gasteiger partial charge in [-0.05, 0) is 31.6 Å². The molecule has 2 rings (SSSR count). The Hall–Kier alpha value is -1.44. The lowest BCUT2D eigenvalue weighted by atomic mass is 10.2. The summed E-state index contributed by atoms with van der Waals surface area (Å²) < 4.78 is 27.1. The van der Waals surface area contributed by atoms with Crippen LogP contribution in [0.25, 0.3) is 0 Å². The molecular formula is C18H29N3O3S. The summed E-state index contributed by atoms with van der Waals surface area (Å²) in [7, 11) is -3.49. The monoisotopic (exact) mass is 367 g/mol. The first-order valence-corrected chi connectivity index (χ1v) is 10.4. The summed E-state index contributed by atoms with van der Waals surface area (Å²) in [4.78, 5) is 16.7. The van der Waals surface area contributed by atoms with Crippen molar-refractivity contribution in [1.29, 1.82) is 0 Å². The molecule has 140 valence electrons. The van der Waals surface area contributed by atoms with Crippen LogP contribution in [0.3, 0.4) is 0 Å². The molecule has 1 heterocycles. The van der Waals surface area contributed by atoms with Gasteiger partial charge in [0.2, 0.25) is 15.9 Å². The molecule has 0 bridgehead atoms. The quantitative estimate of drug-likeness (QED) is 0.734. The van der Waals surface area contributed by atoms with E-state index in [0.29, 0.717) is 37.5 Å². The summed E-state index contributed by atoms with van der Waals surface area (Å²) >= 11 is 0. The highest BCUT2D eigenvalue weighted by atomic mass is 32.2. The zero-order valence-electron chi connectivity index (χ0n) is 15.4. The SMILES string of the molecule is CCN(CC)CCC(=O)N1CCN(S(=O)(=O)c2ccccc2C)CC1. The third kappa shape index (κ3) is 4.80. The minimum Gasteiger partial charge on any atom is -0.340 e. The van der Waals surface area contributed by atoms with Gasteiger partial charge in [0.25, 0.3) is 0 Å². The highest BCUT2D eigenvalue weighted by Gasteiger charge is 2.30. The Kier molecular flexibility index (Phi) is 6.98. The molecule has 7 heteroatoms. The summed E-state index contributed by atoms with van der Waals surface area (Å²) in [6.07, 6.45) is 0.492. The smallest absolute Gasteiger partial charge is 0.243 e. The minimum atomic E-state index is -3.49. The number of benzene rings is 1. The molecule has 1 aromatic carbocycles. The minimum absolute atomic E-state index is 0.111. The lowest BCUT2D eigenvalue weighted by molar-refractivity contribution is -0.132. The van der Waals surface area contributed by atoms with Crippen LogP contribution in [-0.4, -0.2) is 74.2 Å².